The monoisotopic (exact) mass is 447 g/mol. The molecule has 2 aliphatic heterocycles. The van der Waals surface area contributed by atoms with E-state index in [1.54, 1.807) is 18.3 Å². The maximum absolute atomic E-state index is 12.7. The van der Waals surface area contributed by atoms with Crippen molar-refractivity contribution in [3.63, 3.8) is 0 Å². The number of phenolic OH excluding ortho intramolecular Hbond substituents is 1. The molecule has 2 aliphatic rings. The van der Waals surface area contributed by atoms with Crippen LogP contribution in [0.3, 0.4) is 0 Å². The number of carbonyl (C=O) groups excluding carboxylic acids is 2. The summed E-state index contributed by atoms with van der Waals surface area (Å²) < 4.78 is 0. The number of carboxylic acids is 1. The van der Waals surface area contributed by atoms with Gasteiger partial charge in [-0.25, -0.2) is 4.79 Å². The van der Waals surface area contributed by atoms with Gasteiger partial charge in [-0.2, -0.15) is 10.3 Å². The normalized spacial score (nSPS) is 20.5. The summed E-state index contributed by atoms with van der Waals surface area (Å²) in [5.41, 5.74) is 1.30. The Morgan fingerprint density at radius 2 is 2.10 bits per heavy atom. The molecule has 2 amide bonds. The quantitative estimate of drug-likeness (QED) is 0.353. The number of aromatic hydroxyl groups is 1. The largest absolute Gasteiger partial charge is 0.508 e. The van der Waals surface area contributed by atoms with Crippen molar-refractivity contribution >= 4 is 41.3 Å². The van der Waals surface area contributed by atoms with Crippen molar-refractivity contribution in [2.75, 3.05) is 11.5 Å². The topological polar surface area (TPSA) is 149 Å². The second kappa shape index (κ2) is 8.40. The van der Waals surface area contributed by atoms with Crippen molar-refractivity contribution in [1.82, 2.24) is 25.6 Å². The Hall–Kier alpha value is -2.99. The highest BCUT2D eigenvalue weighted by molar-refractivity contribution is 8.01. The smallest absolute Gasteiger partial charge is 0.352 e. The van der Waals surface area contributed by atoms with Gasteiger partial charge in [-0.1, -0.05) is 23.9 Å². The number of benzene rings is 1. The molecule has 30 heavy (non-hydrogen) atoms. The summed E-state index contributed by atoms with van der Waals surface area (Å²) in [6.07, 6.45) is 1.60. The lowest BCUT2D eigenvalue weighted by Crippen LogP contribution is -2.70. The van der Waals surface area contributed by atoms with Gasteiger partial charge in [-0.3, -0.25) is 14.5 Å². The number of rotatable bonds is 7. The van der Waals surface area contributed by atoms with Crippen LogP contribution in [0.2, 0.25) is 0 Å². The van der Waals surface area contributed by atoms with Crippen molar-refractivity contribution in [3.05, 3.63) is 47.3 Å². The zero-order valence-corrected chi connectivity index (χ0v) is 17.1. The summed E-state index contributed by atoms with van der Waals surface area (Å²) in [4.78, 5) is 38.1. The minimum absolute atomic E-state index is 0.0243. The standard InChI is InChI=1S/C18H17N5O5S2/c24-11-3-1-9(2-4-11)5-12(25)20-14-16(26)23-15(18(27)28)10(8-30-17(14)23)7-29-13-6-19-22-21-13/h1-4,6,14,17,24H,5,7-8H2,(H,20,25)(H,27,28)(H,19,21,22)/t14?,17-/m0/s1. The molecule has 12 heteroatoms. The maximum Gasteiger partial charge on any atom is 0.352 e. The first kappa shape index (κ1) is 20.3. The Balaban J connectivity index is 1.42. The number of thioether (sulfide) groups is 2. The zero-order valence-electron chi connectivity index (χ0n) is 15.4. The first-order valence-corrected chi connectivity index (χ1v) is 10.9. The van der Waals surface area contributed by atoms with E-state index in [9.17, 15) is 24.6 Å². The number of carboxylic acid groups (broad SMARTS) is 1. The molecular formula is C18H17N5O5S2. The average Bonchev–Trinajstić information content (AvgIpc) is 3.25. The van der Waals surface area contributed by atoms with E-state index in [1.807, 2.05) is 0 Å². The number of aromatic amines is 1. The van der Waals surface area contributed by atoms with Gasteiger partial charge in [0.25, 0.3) is 5.91 Å². The van der Waals surface area contributed by atoms with E-state index in [1.165, 1.54) is 40.6 Å². The summed E-state index contributed by atoms with van der Waals surface area (Å²) in [6.45, 7) is 0. The van der Waals surface area contributed by atoms with Crippen LogP contribution in [-0.2, 0) is 20.8 Å². The number of aromatic nitrogens is 3. The molecule has 3 heterocycles. The van der Waals surface area contributed by atoms with Crippen LogP contribution >= 0.6 is 23.5 Å². The lowest BCUT2D eigenvalue weighted by Gasteiger charge is -2.49. The Kier molecular flexibility index (Phi) is 5.68. The van der Waals surface area contributed by atoms with Crippen LogP contribution < -0.4 is 5.32 Å². The van der Waals surface area contributed by atoms with Gasteiger partial charge < -0.3 is 15.5 Å². The molecule has 1 aromatic carbocycles. The number of aliphatic carboxylic acids is 1. The van der Waals surface area contributed by atoms with E-state index >= 15 is 0 Å². The third-order valence-electron chi connectivity index (χ3n) is 4.65. The number of nitrogens with one attached hydrogen (secondary N) is 2. The number of hydrogen-bond donors (Lipinski definition) is 4. The van der Waals surface area contributed by atoms with Gasteiger partial charge in [0, 0.05) is 11.5 Å². The molecule has 156 valence electrons. The number of β-lactam (4-membered cyclic amide) rings is 1. The highest BCUT2D eigenvalue weighted by atomic mass is 32.2. The van der Waals surface area contributed by atoms with Gasteiger partial charge >= 0.3 is 5.97 Å². The summed E-state index contributed by atoms with van der Waals surface area (Å²) in [6, 6.07) is 5.46. The molecule has 4 N–H and O–H groups in total. The van der Waals surface area contributed by atoms with Crippen molar-refractivity contribution < 1.29 is 24.6 Å². The average molecular weight is 447 g/mol. The van der Waals surface area contributed by atoms with Crippen LogP contribution in [0.5, 0.6) is 5.75 Å². The second-order valence-corrected chi connectivity index (χ2v) is 8.75. The Bertz CT molecular complexity index is 1010. The second-order valence-electron chi connectivity index (χ2n) is 6.65. The number of amides is 2. The fourth-order valence-electron chi connectivity index (χ4n) is 3.24. The van der Waals surface area contributed by atoms with Crippen LogP contribution in [0.4, 0.5) is 0 Å². The van der Waals surface area contributed by atoms with Crippen molar-refractivity contribution in [2.45, 2.75) is 22.9 Å². The van der Waals surface area contributed by atoms with Crippen molar-refractivity contribution in [2.24, 2.45) is 0 Å². The third kappa shape index (κ3) is 4.00. The lowest BCUT2D eigenvalue weighted by atomic mass is 10.0. The van der Waals surface area contributed by atoms with Crippen molar-refractivity contribution in [1.29, 1.82) is 0 Å². The Morgan fingerprint density at radius 3 is 2.77 bits per heavy atom. The minimum Gasteiger partial charge on any atom is -0.508 e. The molecule has 1 unspecified atom stereocenters. The number of nitrogens with zero attached hydrogens (tertiary/aromatic N) is 3. The van der Waals surface area contributed by atoms with Gasteiger partial charge in [0.2, 0.25) is 5.91 Å². The third-order valence-corrected chi connectivity index (χ3v) is 6.98. The molecule has 1 aromatic heterocycles. The molecule has 2 atom stereocenters. The van der Waals surface area contributed by atoms with E-state index in [-0.39, 0.29) is 23.8 Å². The van der Waals surface area contributed by atoms with E-state index in [0.717, 1.165) is 0 Å². The van der Waals surface area contributed by atoms with Gasteiger partial charge in [-0.05, 0) is 23.3 Å². The summed E-state index contributed by atoms with van der Waals surface area (Å²) in [5.74, 6) is -1.03. The number of phenols is 1. The molecule has 0 aliphatic carbocycles. The fourth-order valence-corrected chi connectivity index (χ4v) is 5.51. The number of fused-ring (bicyclic) bond motifs is 1. The molecule has 0 bridgehead atoms. The van der Waals surface area contributed by atoms with Crippen LogP contribution in [0.15, 0.2) is 46.8 Å². The predicted molar refractivity (Wildman–Crippen MR) is 109 cm³/mol. The van der Waals surface area contributed by atoms with Crippen LogP contribution in [-0.4, -0.2) is 71.2 Å². The zero-order chi connectivity index (χ0) is 21.3. The van der Waals surface area contributed by atoms with Gasteiger partial charge in [0.1, 0.15) is 27.9 Å². The Labute approximate surface area is 179 Å². The maximum atomic E-state index is 12.7. The molecule has 0 saturated carbocycles. The summed E-state index contributed by atoms with van der Waals surface area (Å²) in [5, 5.41) is 32.0. The highest BCUT2D eigenvalue weighted by Crippen LogP contribution is 2.41. The first-order valence-electron chi connectivity index (χ1n) is 8.90. The summed E-state index contributed by atoms with van der Waals surface area (Å²) >= 11 is 2.75. The van der Waals surface area contributed by atoms with E-state index in [0.29, 0.717) is 27.7 Å². The first-order chi connectivity index (χ1) is 14.4. The fraction of sp³-hybridized carbons (Fsp3) is 0.278. The lowest BCUT2D eigenvalue weighted by molar-refractivity contribution is -0.150. The molecule has 4 rings (SSSR count). The molecule has 10 nitrogen and oxygen atoms in total. The molecule has 1 fully saturated rings. The van der Waals surface area contributed by atoms with Gasteiger partial charge in [0.15, 0.2) is 0 Å². The molecule has 2 aromatic rings. The van der Waals surface area contributed by atoms with Crippen LogP contribution in [0.1, 0.15) is 5.56 Å². The predicted octanol–water partition coefficient (Wildman–Crippen LogP) is 0.584. The van der Waals surface area contributed by atoms with Gasteiger partial charge in [-0.15, -0.1) is 16.9 Å². The van der Waals surface area contributed by atoms with E-state index in [2.05, 4.69) is 20.7 Å². The van der Waals surface area contributed by atoms with Crippen LogP contribution in [0, 0.1) is 0 Å². The SMILES string of the molecule is O=C(Cc1ccc(O)cc1)NC1C(=O)N2C(C(=O)O)=C(CSc3cn[nH]n3)CS[C@@H]12. The summed E-state index contributed by atoms with van der Waals surface area (Å²) in [7, 11) is 0. The molecule has 0 radical (unpaired) electrons. The van der Waals surface area contributed by atoms with Crippen LogP contribution in [0.25, 0.3) is 0 Å². The van der Waals surface area contributed by atoms with Gasteiger partial charge in [0.05, 0.1) is 12.6 Å². The molecule has 0 spiro atoms. The van der Waals surface area contributed by atoms with Crippen molar-refractivity contribution in [3.8, 4) is 5.75 Å². The number of carbonyl (C=O) groups is 3. The Morgan fingerprint density at radius 1 is 1.33 bits per heavy atom. The number of H-pyrrole nitrogens is 1. The molecular weight excluding hydrogens is 430 g/mol. The highest BCUT2D eigenvalue weighted by Gasteiger charge is 2.54. The van der Waals surface area contributed by atoms with E-state index in [4.69, 9.17) is 0 Å². The minimum atomic E-state index is -1.17. The van der Waals surface area contributed by atoms with E-state index < -0.39 is 23.3 Å². The molecule has 1 saturated heterocycles. The number of hydrogen-bond acceptors (Lipinski definition) is 8.